The second-order valence-electron chi connectivity index (χ2n) is 7.83. The molecule has 0 saturated carbocycles. The molecule has 2 N–H and O–H groups in total. The summed E-state index contributed by atoms with van der Waals surface area (Å²) in [6, 6.07) is 4.79. The number of hydrogen-bond acceptors (Lipinski definition) is 4. The van der Waals surface area contributed by atoms with E-state index in [0.29, 0.717) is 36.6 Å². The molecule has 1 atom stereocenters. The number of hydrogen-bond donors (Lipinski definition) is 1. The van der Waals surface area contributed by atoms with Gasteiger partial charge < -0.3 is 10.5 Å². The number of fused-ring (bicyclic) bond motifs is 1. The standard InChI is InChI=1S/C19H23F3N4O2/c1-18(2,3)28-17(27)25-10-12(8-23)11-26-16(25)15(9-24-26)13-4-6-14(7-5-13)19(20,21)22/h4-7,9,12H,8,10-11,23H2,1-3H3. The van der Waals surface area contributed by atoms with Crippen LogP contribution in [0.1, 0.15) is 26.3 Å². The van der Waals surface area contributed by atoms with E-state index in [0.717, 1.165) is 12.1 Å². The Morgan fingerprint density at radius 3 is 2.39 bits per heavy atom. The van der Waals surface area contributed by atoms with Crippen molar-refractivity contribution in [2.24, 2.45) is 11.7 Å². The number of carbonyl (C=O) groups excluding carboxylic acids is 1. The Balaban J connectivity index is 2.00. The number of benzene rings is 1. The first-order chi connectivity index (χ1) is 13.0. The molecule has 3 rings (SSSR count). The lowest BCUT2D eigenvalue weighted by atomic mass is 10.0. The molecule has 0 saturated heterocycles. The van der Waals surface area contributed by atoms with Gasteiger partial charge in [-0.05, 0) is 45.0 Å². The van der Waals surface area contributed by atoms with Gasteiger partial charge in [-0.1, -0.05) is 12.1 Å². The molecule has 1 aromatic heterocycles. The number of aromatic nitrogens is 2. The van der Waals surface area contributed by atoms with Gasteiger partial charge in [0.1, 0.15) is 11.4 Å². The fourth-order valence-corrected chi connectivity index (χ4v) is 3.11. The molecular weight excluding hydrogens is 373 g/mol. The van der Waals surface area contributed by atoms with E-state index >= 15 is 0 Å². The molecule has 0 fully saturated rings. The molecule has 6 nitrogen and oxygen atoms in total. The van der Waals surface area contributed by atoms with Gasteiger partial charge in [-0.2, -0.15) is 18.3 Å². The predicted octanol–water partition coefficient (Wildman–Crippen LogP) is 3.90. The van der Waals surface area contributed by atoms with E-state index in [1.54, 1.807) is 31.6 Å². The maximum absolute atomic E-state index is 12.8. The van der Waals surface area contributed by atoms with Crippen molar-refractivity contribution >= 4 is 11.9 Å². The second kappa shape index (κ2) is 7.12. The minimum atomic E-state index is -4.41. The molecule has 0 aliphatic carbocycles. The smallest absolute Gasteiger partial charge is 0.416 e. The third kappa shape index (κ3) is 4.14. The highest BCUT2D eigenvalue weighted by atomic mass is 19.4. The predicted molar refractivity (Wildman–Crippen MR) is 98.8 cm³/mol. The van der Waals surface area contributed by atoms with Gasteiger partial charge in [-0.25, -0.2) is 9.48 Å². The van der Waals surface area contributed by atoms with Crippen LogP contribution >= 0.6 is 0 Å². The molecule has 1 aliphatic rings. The van der Waals surface area contributed by atoms with Crippen LogP contribution in [0, 0.1) is 5.92 Å². The number of nitrogens with zero attached hydrogens (tertiary/aromatic N) is 3. The van der Waals surface area contributed by atoms with E-state index in [1.807, 2.05) is 0 Å². The summed E-state index contributed by atoms with van der Waals surface area (Å²) in [6.45, 7) is 6.54. The van der Waals surface area contributed by atoms with E-state index in [-0.39, 0.29) is 5.92 Å². The molecule has 1 unspecified atom stereocenters. The van der Waals surface area contributed by atoms with Gasteiger partial charge in [0.2, 0.25) is 0 Å². The summed E-state index contributed by atoms with van der Waals surface area (Å²) in [6.07, 6.45) is -3.40. The minimum Gasteiger partial charge on any atom is -0.443 e. The van der Waals surface area contributed by atoms with Crippen molar-refractivity contribution in [2.75, 3.05) is 18.0 Å². The van der Waals surface area contributed by atoms with Crippen LogP contribution in [0.25, 0.3) is 11.1 Å². The number of ether oxygens (including phenoxy) is 1. The first-order valence-electron chi connectivity index (χ1n) is 8.93. The van der Waals surface area contributed by atoms with Crippen LogP contribution in [0.15, 0.2) is 30.5 Å². The second-order valence-corrected chi connectivity index (χ2v) is 7.83. The molecule has 9 heteroatoms. The molecular formula is C19H23F3N4O2. The average Bonchev–Trinajstić information content (AvgIpc) is 3.02. The summed E-state index contributed by atoms with van der Waals surface area (Å²) in [5, 5.41) is 4.32. The molecule has 1 aromatic carbocycles. The fourth-order valence-electron chi connectivity index (χ4n) is 3.11. The fraction of sp³-hybridized carbons (Fsp3) is 0.474. The number of carbonyl (C=O) groups is 1. The lowest BCUT2D eigenvalue weighted by molar-refractivity contribution is -0.137. The van der Waals surface area contributed by atoms with E-state index in [4.69, 9.17) is 10.5 Å². The van der Waals surface area contributed by atoms with Crippen LogP contribution in [-0.4, -0.2) is 34.6 Å². The maximum atomic E-state index is 12.8. The SMILES string of the molecule is CC(C)(C)OC(=O)N1CC(CN)Cn2ncc(-c3ccc(C(F)(F)F)cc3)c21. The largest absolute Gasteiger partial charge is 0.443 e. The summed E-state index contributed by atoms with van der Waals surface area (Å²) in [7, 11) is 0. The van der Waals surface area contributed by atoms with Gasteiger partial charge in [0.15, 0.2) is 0 Å². The Morgan fingerprint density at radius 2 is 1.86 bits per heavy atom. The van der Waals surface area contributed by atoms with Crippen LogP contribution in [0.5, 0.6) is 0 Å². The Morgan fingerprint density at radius 1 is 1.21 bits per heavy atom. The molecule has 0 spiro atoms. The molecule has 1 aliphatic heterocycles. The summed E-state index contributed by atoms with van der Waals surface area (Å²) in [4.78, 5) is 14.2. The highest BCUT2D eigenvalue weighted by Crippen LogP contribution is 2.37. The lowest BCUT2D eigenvalue weighted by Crippen LogP contribution is -2.46. The number of amides is 1. The van der Waals surface area contributed by atoms with E-state index in [9.17, 15) is 18.0 Å². The molecule has 0 bridgehead atoms. The quantitative estimate of drug-likeness (QED) is 0.836. The average molecular weight is 396 g/mol. The Kier molecular flexibility index (Phi) is 5.14. The third-order valence-corrected chi connectivity index (χ3v) is 4.41. The Labute approximate surface area is 161 Å². The molecule has 28 heavy (non-hydrogen) atoms. The number of anilines is 1. The van der Waals surface area contributed by atoms with Gasteiger partial charge in [0, 0.05) is 24.6 Å². The number of halogens is 3. The Hall–Kier alpha value is -2.55. The molecule has 152 valence electrons. The van der Waals surface area contributed by atoms with Crippen LogP contribution < -0.4 is 10.6 Å². The van der Waals surface area contributed by atoms with Crippen molar-refractivity contribution in [3.05, 3.63) is 36.0 Å². The van der Waals surface area contributed by atoms with E-state index < -0.39 is 23.4 Å². The third-order valence-electron chi connectivity index (χ3n) is 4.41. The number of nitrogens with two attached hydrogens (primary N) is 1. The van der Waals surface area contributed by atoms with Crippen LogP contribution in [-0.2, 0) is 17.5 Å². The van der Waals surface area contributed by atoms with Crippen molar-refractivity contribution in [3.63, 3.8) is 0 Å². The first kappa shape index (κ1) is 20.2. The van der Waals surface area contributed by atoms with Gasteiger partial charge in [-0.15, -0.1) is 0 Å². The first-order valence-corrected chi connectivity index (χ1v) is 8.93. The Bertz CT molecular complexity index is 854. The normalized spacial score (nSPS) is 17.4. The van der Waals surface area contributed by atoms with Crippen molar-refractivity contribution in [2.45, 2.75) is 39.1 Å². The topological polar surface area (TPSA) is 73.4 Å². The summed E-state index contributed by atoms with van der Waals surface area (Å²) in [5.74, 6) is 0.499. The van der Waals surface area contributed by atoms with E-state index in [2.05, 4.69) is 5.10 Å². The van der Waals surface area contributed by atoms with Gasteiger partial charge in [0.25, 0.3) is 0 Å². The molecule has 1 amide bonds. The lowest BCUT2D eigenvalue weighted by Gasteiger charge is -2.34. The van der Waals surface area contributed by atoms with Crippen molar-refractivity contribution in [1.29, 1.82) is 0 Å². The maximum Gasteiger partial charge on any atom is 0.416 e. The molecule has 2 heterocycles. The van der Waals surface area contributed by atoms with Crippen molar-refractivity contribution < 1.29 is 22.7 Å². The van der Waals surface area contributed by atoms with Crippen molar-refractivity contribution in [3.8, 4) is 11.1 Å². The van der Waals surface area contributed by atoms with Crippen LogP contribution in [0.2, 0.25) is 0 Å². The van der Waals surface area contributed by atoms with Crippen LogP contribution in [0.3, 0.4) is 0 Å². The number of rotatable bonds is 2. The van der Waals surface area contributed by atoms with Gasteiger partial charge >= 0.3 is 12.3 Å². The zero-order valence-corrected chi connectivity index (χ0v) is 16.0. The zero-order valence-electron chi connectivity index (χ0n) is 16.0. The van der Waals surface area contributed by atoms with Gasteiger partial charge in [-0.3, -0.25) is 4.90 Å². The molecule has 2 aromatic rings. The minimum absolute atomic E-state index is 0.000346. The van der Waals surface area contributed by atoms with Crippen molar-refractivity contribution in [1.82, 2.24) is 9.78 Å². The monoisotopic (exact) mass is 396 g/mol. The van der Waals surface area contributed by atoms with Gasteiger partial charge in [0.05, 0.1) is 11.8 Å². The highest BCUT2D eigenvalue weighted by Gasteiger charge is 2.35. The van der Waals surface area contributed by atoms with Crippen LogP contribution in [0.4, 0.5) is 23.8 Å². The molecule has 0 radical (unpaired) electrons. The summed E-state index contributed by atoms with van der Waals surface area (Å²) in [5.41, 5.74) is 5.48. The highest BCUT2D eigenvalue weighted by molar-refractivity contribution is 5.92. The number of alkyl halides is 3. The summed E-state index contributed by atoms with van der Waals surface area (Å²) >= 11 is 0. The summed E-state index contributed by atoms with van der Waals surface area (Å²) < 4.78 is 45.7. The zero-order chi connectivity index (χ0) is 20.7. The van der Waals surface area contributed by atoms with E-state index in [1.165, 1.54) is 17.0 Å².